The van der Waals surface area contributed by atoms with Gasteiger partial charge < -0.3 is 5.32 Å². The average molecular weight is 220 g/mol. The van der Waals surface area contributed by atoms with Gasteiger partial charge in [0.15, 0.2) is 0 Å². The Balaban J connectivity index is 2.88. The molecule has 0 fully saturated rings. The summed E-state index contributed by atoms with van der Waals surface area (Å²) in [6.45, 7) is 2.33. The first-order chi connectivity index (χ1) is 7.65. The fraction of sp³-hybridized carbons (Fsp3) is 0.182. The Morgan fingerprint density at radius 3 is 2.81 bits per heavy atom. The Labute approximate surface area is 92.9 Å². The van der Waals surface area contributed by atoms with E-state index in [0.29, 0.717) is 12.1 Å². The normalized spacial score (nSPS) is 10.3. The predicted molar refractivity (Wildman–Crippen MR) is 60.8 cm³/mol. The van der Waals surface area contributed by atoms with E-state index in [1.165, 1.54) is 18.2 Å². The molecule has 1 rings (SSSR count). The molecular weight excluding hydrogens is 208 g/mol. The summed E-state index contributed by atoms with van der Waals surface area (Å²) in [4.78, 5) is 21.3. The van der Waals surface area contributed by atoms with Crippen molar-refractivity contribution in [3.05, 3.63) is 46.0 Å². The van der Waals surface area contributed by atoms with E-state index < -0.39 is 4.92 Å². The van der Waals surface area contributed by atoms with E-state index in [1.807, 2.05) is 0 Å². The van der Waals surface area contributed by atoms with E-state index in [2.05, 4.69) is 5.32 Å². The first-order valence-corrected chi connectivity index (χ1v) is 4.84. The van der Waals surface area contributed by atoms with Gasteiger partial charge in [-0.2, -0.15) is 0 Å². The number of nitrogens with zero attached hydrogens (tertiary/aromatic N) is 1. The zero-order valence-corrected chi connectivity index (χ0v) is 8.84. The summed E-state index contributed by atoms with van der Waals surface area (Å²) in [5.74, 6) is -0.263. The second-order valence-corrected chi connectivity index (χ2v) is 3.04. The van der Waals surface area contributed by atoms with Crippen LogP contribution in [-0.4, -0.2) is 17.4 Å². The molecule has 0 unspecified atom stereocenters. The van der Waals surface area contributed by atoms with E-state index in [4.69, 9.17) is 0 Å². The van der Waals surface area contributed by atoms with Crippen LogP contribution < -0.4 is 5.32 Å². The van der Waals surface area contributed by atoms with Crippen molar-refractivity contribution in [3.8, 4) is 0 Å². The highest BCUT2D eigenvalue weighted by molar-refractivity contribution is 5.92. The minimum atomic E-state index is -0.475. The maximum absolute atomic E-state index is 11.1. The molecule has 0 aromatic heterocycles. The van der Waals surface area contributed by atoms with Crippen LogP contribution in [-0.2, 0) is 4.79 Å². The molecule has 0 radical (unpaired) electrons. The van der Waals surface area contributed by atoms with Crippen molar-refractivity contribution >= 4 is 17.7 Å². The summed E-state index contributed by atoms with van der Waals surface area (Å²) >= 11 is 0. The molecule has 5 heteroatoms. The second kappa shape index (κ2) is 5.65. The minimum Gasteiger partial charge on any atom is -0.353 e. The molecule has 0 aliphatic rings. The Kier molecular flexibility index (Phi) is 4.20. The highest BCUT2D eigenvalue weighted by Crippen LogP contribution is 2.18. The van der Waals surface area contributed by atoms with E-state index in [0.717, 1.165) is 0 Å². The number of para-hydroxylation sites is 1. The van der Waals surface area contributed by atoms with Crippen LogP contribution in [0.15, 0.2) is 30.3 Å². The molecule has 1 aromatic rings. The van der Waals surface area contributed by atoms with Gasteiger partial charge in [0.2, 0.25) is 5.91 Å². The summed E-state index contributed by atoms with van der Waals surface area (Å²) in [6.07, 6.45) is 2.72. The highest BCUT2D eigenvalue weighted by atomic mass is 16.6. The van der Waals surface area contributed by atoms with Crippen molar-refractivity contribution in [2.24, 2.45) is 0 Å². The lowest BCUT2D eigenvalue weighted by Crippen LogP contribution is -2.19. The van der Waals surface area contributed by atoms with Gasteiger partial charge in [-0.3, -0.25) is 14.9 Å². The lowest BCUT2D eigenvalue weighted by atomic mass is 10.1. The maximum atomic E-state index is 11.1. The van der Waals surface area contributed by atoms with Gasteiger partial charge in [0.05, 0.1) is 10.5 Å². The molecule has 0 saturated heterocycles. The number of benzene rings is 1. The number of rotatable bonds is 4. The van der Waals surface area contributed by atoms with E-state index in [9.17, 15) is 14.9 Å². The Morgan fingerprint density at radius 2 is 2.19 bits per heavy atom. The average Bonchev–Trinajstić information content (AvgIpc) is 2.27. The summed E-state index contributed by atoms with van der Waals surface area (Å²) in [5.41, 5.74) is 0.404. The zero-order valence-electron chi connectivity index (χ0n) is 8.84. The quantitative estimate of drug-likeness (QED) is 0.477. The molecule has 84 valence electrons. The highest BCUT2D eigenvalue weighted by Gasteiger charge is 2.09. The smallest absolute Gasteiger partial charge is 0.276 e. The van der Waals surface area contributed by atoms with Crippen LogP contribution >= 0.6 is 0 Å². The van der Waals surface area contributed by atoms with Crippen LogP contribution in [0.4, 0.5) is 5.69 Å². The number of carbonyl (C=O) groups is 1. The number of amides is 1. The molecule has 1 N–H and O–H groups in total. The number of nitro benzene ring substituents is 1. The molecule has 5 nitrogen and oxygen atoms in total. The van der Waals surface area contributed by atoms with Crippen molar-refractivity contribution in [3.63, 3.8) is 0 Å². The molecule has 0 bridgehead atoms. The third-order valence-corrected chi connectivity index (χ3v) is 1.90. The first-order valence-electron chi connectivity index (χ1n) is 4.84. The van der Waals surface area contributed by atoms with E-state index in [1.54, 1.807) is 25.1 Å². The fourth-order valence-electron chi connectivity index (χ4n) is 1.19. The van der Waals surface area contributed by atoms with Crippen LogP contribution in [0.5, 0.6) is 0 Å². The third kappa shape index (κ3) is 3.20. The Morgan fingerprint density at radius 1 is 1.50 bits per heavy atom. The molecule has 0 aliphatic heterocycles. The van der Waals surface area contributed by atoms with Gasteiger partial charge in [-0.25, -0.2) is 0 Å². The molecule has 16 heavy (non-hydrogen) atoms. The molecule has 1 aromatic carbocycles. The number of carbonyl (C=O) groups excluding carboxylic acids is 1. The molecular formula is C11H12N2O3. The summed E-state index contributed by atoms with van der Waals surface area (Å²) in [5, 5.41) is 13.2. The van der Waals surface area contributed by atoms with Gasteiger partial charge in [-0.15, -0.1) is 0 Å². The largest absolute Gasteiger partial charge is 0.353 e. The van der Waals surface area contributed by atoms with Crippen LogP contribution in [0, 0.1) is 10.1 Å². The lowest BCUT2D eigenvalue weighted by Gasteiger charge is -1.97. The minimum absolute atomic E-state index is 0.0111. The van der Waals surface area contributed by atoms with Gasteiger partial charge in [0, 0.05) is 18.7 Å². The SMILES string of the molecule is CCNC(=O)/C=C\c1ccccc1[N+](=O)[O-]. The van der Waals surface area contributed by atoms with Crippen molar-refractivity contribution in [1.82, 2.24) is 5.32 Å². The molecule has 0 saturated carbocycles. The number of likely N-dealkylation sites (N-methyl/N-ethyl adjacent to an activating group) is 1. The van der Waals surface area contributed by atoms with Crippen molar-refractivity contribution in [2.75, 3.05) is 6.54 Å². The van der Waals surface area contributed by atoms with E-state index >= 15 is 0 Å². The van der Waals surface area contributed by atoms with Crippen LogP contribution in [0.2, 0.25) is 0 Å². The van der Waals surface area contributed by atoms with Gasteiger partial charge in [-0.1, -0.05) is 12.1 Å². The first kappa shape index (κ1) is 11.9. The topological polar surface area (TPSA) is 72.2 Å². The predicted octanol–water partition coefficient (Wildman–Crippen LogP) is 1.74. The summed E-state index contributed by atoms with van der Waals surface area (Å²) < 4.78 is 0. The monoisotopic (exact) mass is 220 g/mol. The zero-order chi connectivity index (χ0) is 12.0. The van der Waals surface area contributed by atoms with Crippen molar-refractivity contribution < 1.29 is 9.72 Å². The molecule has 1 amide bonds. The summed E-state index contributed by atoms with van der Waals surface area (Å²) in [6, 6.07) is 6.26. The molecule has 0 spiro atoms. The lowest BCUT2D eigenvalue weighted by molar-refractivity contribution is -0.385. The number of nitrogens with one attached hydrogen (secondary N) is 1. The van der Waals surface area contributed by atoms with Gasteiger partial charge >= 0.3 is 0 Å². The van der Waals surface area contributed by atoms with Crippen molar-refractivity contribution in [1.29, 1.82) is 0 Å². The third-order valence-electron chi connectivity index (χ3n) is 1.90. The standard InChI is InChI=1S/C11H12N2O3/c1-2-12-11(14)8-7-9-5-3-4-6-10(9)13(15)16/h3-8H,2H2,1H3,(H,12,14)/b8-7-. The summed E-state index contributed by atoms with van der Waals surface area (Å²) in [7, 11) is 0. The van der Waals surface area contributed by atoms with Crippen LogP contribution in [0.1, 0.15) is 12.5 Å². The van der Waals surface area contributed by atoms with Crippen molar-refractivity contribution in [2.45, 2.75) is 6.92 Å². The van der Waals surface area contributed by atoms with Gasteiger partial charge in [-0.05, 0) is 19.1 Å². The molecule has 0 atom stereocenters. The Bertz CT molecular complexity index is 427. The number of hydrogen-bond donors (Lipinski definition) is 1. The second-order valence-electron chi connectivity index (χ2n) is 3.04. The van der Waals surface area contributed by atoms with Crippen LogP contribution in [0.3, 0.4) is 0 Å². The molecule has 0 aliphatic carbocycles. The van der Waals surface area contributed by atoms with E-state index in [-0.39, 0.29) is 11.6 Å². The van der Waals surface area contributed by atoms with Crippen LogP contribution in [0.25, 0.3) is 6.08 Å². The van der Waals surface area contributed by atoms with Gasteiger partial charge in [0.25, 0.3) is 5.69 Å². The number of nitro groups is 1. The fourth-order valence-corrected chi connectivity index (χ4v) is 1.19. The van der Waals surface area contributed by atoms with Gasteiger partial charge in [0.1, 0.15) is 0 Å². The molecule has 0 heterocycles. The maximum Gasteiger partial charge on any atom is 0.276 e. The number of hydrogen-bond acceptors (Lipinski definition) is 3. The Hall–Kier alpha value is -2.17.